The quantitative estimate of drug-likeness (QED) is 0.808. The van der Waals surface area contributed by atoms with E-state index in [9.17, 15) is 4.39 Å². The minimum absolute atomic E-state index is 0.100. The van der Waals surface area contributed by atoms with Crippen molar-refractivity contribution in [3.63, 3.8) is 0 Å². The van der Waals surface area contributed by atoms with Crippen molar-refractivity contribution in [1.29, 1.82) is 0 Å². The van der Waals surface area contributed by atoms with Crippen LogP contribution in [0.15, 0.2) is 22.7 Å². The second kappa shape index (κ2) is 5.96. The summed E-state index contributed by atoms with van der Waals surface area (Å²) in [6.45, 7) is 5.21. The van der Waals surface area contributed by atoms with Crippen LogP contribution in [0.1, 0.15) is 31.7 Å². The summed E-state index contributed by atoms with van der Waals surface area (Å²) >= 11 is 3.29. The summed E-state index contributed by atoms with van der Waals surface area (Å²) in [4.78, 5) is 2.36. The van der Waals surface area contributed by atoms with Gasteiger partial charge in [-0.15, -0.1) is 0 Å². The third kappa shape index (κ3) is 3.52. The van der Waals surface area contributed by atoms with Crippen LogP contribution in [0, 0.1) is 11.7 Å². The topological polar surface area (TPSA) is 3.24 Å². The van der Waals surface area contributed by atoms with Crippen molar-refractivity contribution >= 4 is 15.9 Å². The molecule has 1 fully saturated rings. The van der Waals surface area contributed by atoms with Crippen molar-refractivity contribution < 1.29 is 4.39 Å². The predicted molar refractivity (Wildman–Crippen MR) is 72.4 cm³/mol. The minimum atomic E-state index is -0.100. The standard InChI is InChI=1S/C14H19BrFN/c1-2-11-5-7-17(8-6-11)10-12-3-4-13(15)9-14(12)16/h3-4,9,11H,2,5-8,10H2,1H3. The Morgan fingerprint density at radius 1 is 1.35 bits per heavy atom. The number of likely N-dealkylation sites (tertiary alicyclic amines) is 1. The second-order valence-corrected chi connectivity index (χ2v) is 5.78. The first-order valence-electron chi connectivity index (χ1n) is 6.35. The molecule has 1 aromatic rings. The van der Waals surface area contributed by atoms with E-state index in [1.807, 2.05) is 12.1 Å². The maximum atomic E-state index is 13.7. The Kier molecular flexibility index (Phi) is 4.57. The van der Waals surface area contributed by atoms with E-state index in [-0.39, 0.29) is 5.82 Å². The Morgan fingerprint density at radius 3 is 2.65 bits per heavy atom. The molecular weight excluding hydrogens is 281 g/mol. The Balaban J connectivity index is 1.93. The monoisotopic (exact) mass is 299 g/mol. The van der Waals surface area contributed by atoms with Gasteiger partial charge in [-0.05, 0) is 44.0 Å². The fourth-order valence-electron chi connectivity index (χ4n) is 2.44. The summed E-state index contributed by atoms with van der Waals surface area (Å²) in [5.41, 5.74) is 0.808. The van der Waals surface area contributed by atoms with Crippen LogP contribution in [0.25, 0.3) is 0 Å². The Labute approximate surface area is 111 Å². The van der Waals surface area contributed by atoms with E-state index in [2.05, 4.69) is 27.8 Å². The highest BCUT2D eigenvalue weighted by Crippen LogP contribution is 2.23. The lowest BCUT2D eigenvalue weighted by molar-refractivity contribution is 0.173. The van der Waals surface area contributed by atoms with Gasteiger partial charge in [0.05, 0.1) is 0 Å². The van der Waals surface area contributed by atoms with Crippen molar-refractivity contribution in [3.05, 3.63) is 34.1 Å². The fourth-order valence-corrected chi connectivity index (χ4v) is 2.78. The Morgan fingerprint density at radius 2 is 2.06 bits per heavy atom. The van der Waals surface area contributed by atoms with E-state index in [0.717, 1.165) is 35.6 Å². The van der Waals surface area contributed by atoms with Crippen LogP contribution in [0.2, 0.25) is 0 Å². The van der Waals surface area contributed by atoms with Crippen LogP contribution in [-0.2, 0) is 6.54 Å². The zero-order chi connectivity index (χ0) is 12.3. The molecule has 0 unspecified atom stereocenters. The molecule has 1 heterocycles. The lowest BCUT2D eigenvalue weighted by Crippen LogP contribution is -2.33. The molecule has 0 aliphatic carbocycles. The fraction of sp³-hybridized carbons (Fsp3) is 0.571. The van der Waals surface area contributed by atoms with E-state index < -0.39 is 0 Å². The van der Waals surface area contributed by atoms with E-state index in [4.69, 9.17) is 0 Å². The molecule has 2 rings (SSSR count). The van der Waals surface area contributed by atoms with Gasteiger partial charge in [0, 0.05) is 16.6 Å². The maximum Gasteiger partial charge on any atom is 0.128 e. The van der Waals surface area contributed by atoms with Crippen LogP contribution in [0.3, 0.4) is 0 Å². The molecule has 0 radical (unpaired) electrons. The summed E-state index contributed by atoms with van der Waals surface area (Å²) in [6, 6.07) is 5.34. The zero-order valence-corrected chi connectivity index (χ0v) is 11.8. The molecule has 0 N–H and O–H groups in total. The number of nitrogens with zero attached hydrogens (tertiary/aromatic N) is 1. The predicted octanol–water partition coefficient (Wildman–Crippen LogP) is 4.21. The molecule has 0 aromatic heterocycles. The number of hydrogen-bond acceptors (Lipinski definition) is 1. The highest BCUT2D eigenvalue weighted by molar-refractivity contribution is 9.10. The first-order chi connectivity index (χ1) is 8.19. The number of hydrogen-bond donors (Lipinski definition) is 0. The molecule has 0 spiro atoms. The molecule has 0 amide bonds. The largest absolute Gasteiger partial charge is 0.299 e. The van der Waals surface area contributed by atoms with Gasteiger partial charge in [-0.3, -0.25) is 4.90 Å². The molecule has 1 aromatic carbocycles. The van der Waals surface area contributed by atoms with Crippen molar-refractivity contribution in [2.45, 2.75) is 32.7 Å². The van der Waals surface area contributed by atoms with Crippen LogP contribution in [0.4, 0.5) is 4.39 Å². The lowest BCUT2D eigenvalue weighted by atomic mass is 9.94. The molecule has 0 saturated carbocycles. The van der Waals surface area contributed by atoms with Gasteiger partial charge in [-0.1, -0.05) is 35.3 Å². The smallest absolute Gasteiger partial charge is 0.128 e. The van der Waals surface area contributed by atoms with Gasteiger partial charge in [0.25, 0.3) is 0 Å². The van der Waals surface area contributed by atoms with Gasteiger partial charge in [0.1, 0.15) is 5.82 Å². The van der Waals surface area contributed by atoms with E-state index in [1.54, 1.807) is 6.07 Å². The number of benzene rings is 1. The van der Waals surface area contributed by atoms with Crippen LogP contribution in [-0.4, -0.2) is 18.0 Å². The summed E-state index contributed by atoms with van der Waals surface area (Å²) < 4.78 is 14.5. The Bertz CT molecular complexity index is 372. The van der Waals surface area contributed by atoms with Crippen molar-refractivity contribution in [2.24, 2.45) is 5.92 Å². The third-order valence-electron chi connectivity index (χ3n) is 3.69. The summed E-state index contributed by atoms with van der Waals surface area (Å²) in [5.74, 6) is 0.776. The van der Waals surface area contributed by atoms with E-state index in [1.165, 1.54) is 19.3 Å². The summed E-state index contributed by atoms with van der Waals surface area (Å²) in [6.07, 6.45) is 3.80. The highest BCUT2D eigenvalue weighted by Gasteiger charge is 2.18. The molecular formula is C14H19BrFN. The second-order valence-electron chi connectivity index (χ2n) is 4.86. The third-order valence-corrected chi connectivity index (χ3v) is 4.19. The zero-order valence-electron chi connectivity index (χ0n) is 10.3. The lowest BCUT2D eigenvalue weighted by Gasteiger charge is -2.31. The molecule has 1 nitrogen and oxygen atoms in total. The molecule has 17 heavy (non-hydrogen) atoms. The molecule has 1 aliphatic heterocycles. The van der Waals surface area contributed by atoms with Gasteiger partial charge in [0.15, 0.2) is 0 Å². The van der Waals surface area contributed by atoms with Gasteiger partial charge < -0.3 is 0 Å². The summed E-state index contributed by atoms with van der Waals surface area (Å²) in [5, 5.41) is 0. The highest BCUT2D eigenvalue weighted by atomic mass is 79.9. The van der Waals surface area contributed by atoms with Gasteiger partial charge in [0.2, 0.25) is 0 Å². The summed E-state index contributed by atoms with van der Waals surface area (Å²) in [7, 11) is 0. The van der Waals surface area contributed by atoms with Gasteiger partial charge in [-0.25, -0.2) is 4.39 Å². The molecule has 0 bridgehead atoms. The molecule has 1 saturated heterocycles. The first kappa shape index (κ1) is 13.0. The van der Waals surface area contributed by atoms with Crippen LogP contribution in [0.5, 0.6) is 0 Å². The van der Waals surface area contributed by atoms with Crippen LogP contribution < -0.4 is 0 Å². The van der Waals surface area contributed by atoms with Gasteiger partial charge >= 0.3 is 0 Å². The van der Waals surface area contributed by atoms with E-state index >= 15 is 0 Å². The number of halogens is 2. The van der Waals surface area contributed by atoms with Crippen molar-refractivity contribution in [1.82, 2.24) is 4.90 Å². The average Bonchev–Trinajstić information content (AvgIpc) is 2.34. The minimum Gasteiger partial charge on any atom is -0.299 e. The number of piperidine rings is 1. The van der Waals surface area contributed by atoms with Crippen molar-refractivity contribution in [2.75, 3.05) is 13.1 Å². The molecule has 3 heteroatoms. The Hall–Kier alpha value is -0.410. The van der Waals surface area contributed by atoms with Gasteiger partial charge in [-0.2, -0.15) is 0 Å². The molecule has 94 valence electrons. The normalized spacial score (nSPS) is 18.5. The number of rotatable bonds is 3. The first-order valence-corrected chi connectivity index (χ1v) is 7.14. The maximum absolute atomic E-state index is 13.7. The average molecular weight is 300 g/mol. The van der Waals surface area contributed by atoms with E-state index in [0.29, 0.717) is 0 Å². The van der Waals surface area contributed by atoms with Crippen molar-refractivity contribution in [3.8, 4) is 0 Å². The van der Waals surface area contributed by atoms with Crippen LogP contribution >= 0.6 is 15.9 Å². The molecule has 0 atom stereocenters. The SMILES string of the molecule is CCC1CCN(Cc2ccc(Br)cc2F)CC1. The molecule has 1 aliphatic rings.